The first kappa shape index (κ1) is 16.7. The Bertz CT molecular complexity index is 744. The van der Waals surface area contributed by atoms with Gasteiger partial charge in [0.25, 0.3) is 5.91 Å². The molecule has 0 aliphatic rings. The zero-order valence-corrected chi connectivity index (χ0v) is 12.7. The molecule has 0 aliphatic heterocycles. The van der Waals surface area contributed by atoms with E-state index >= 15 is 0 Å². The Balaban J connectivity index is 2.30. The predicted octanol–water partition coefficient (Wildman–Crippen LogP) is 3.41. The van der Waals surface area contributed by atoms with Crippen molar-refractivity contribution in [1.29, 1.82) is 0 Å². The molecule has 0 saturated heterocycles. The van der Waals surface area contributed by atoms with Gasteiger partial charge in [-0.15, -0.1) is 0 Å². The lowest BCUT2D eigenvalue weighted by atomic mass is 10.1. The maximum atomic E-state index is 12.6. The molecule has 0 unspecified atom stereocenters. The van der Waals surface area contributed by atoms with E-state index < -0.39 is 17.6 Å². The Morgan fingerprint density at radius 1 is 1.13 bits per heavy atom. The lowest BCUT2D eigenvalue weighted by Gasteiger charge is -2.12. The van der Waals surface area contributed by atoms with Gasteiger partial charge in [0.2, 0.25) is 0 Å². The molecule has 0 bridgehead atoms. The van der Waals surface area contributed by atoms with Crippen LogP contribution in [0.2, 0.25) is 0 Å². The highest BCUT2D eigenvalue weighted by Crippen LogP contribution is 2.29. The number of anilines is 2. The maximum Gasteiger partial charge on any atom is 0.417 e. The van der Waals surface area contributed by atoms with E-state index in [9.17, 15) is 18.0 Å². The number of hydrogen-bond donors (Lipinski definition) is 2. The summed E-state index contributed by atoms with van der Waals surface area (Å²) in [6.45, 7) is 3.22. The van der Waals surface area contributed by atoms with E-state index in [0.29, 0.717) is 17.7 Å². The second-order valence-electron chi connectivity index (χ2n) is 5.00. The third kappa shape index (κ3) is 3.77. The smallest absolute Gasteiger partial charge is 0.371 e. The van der Waals surface area contributed by atoms with Gasteiger partial charge in [-0.3, -0.25) is 9.78 Å². The van der Waals surface area contributed by atoms with Crippen molar-refractivity contribution in [2.24, 2.45) is 0 Å². The van der Waals surface area contributed by atoms with Crippen molar-refractivity contribution >= 4 is 17.4 Å². The van der Waals surface area contributed by atoms with E-state index in [4.69, 9.17) is 0 Å². The molecule has 2 rings (SSSR count). The summed E-state index contributed by atoms with van der Waals surface area (Å²) in [7, 11) is 1.65. The van der Waals surface area contributed by atoms with Crippen molar-refractivity contribution in [3.05, 3.63) is 46.9 Å². The van der Waals surface area contributed by atoms with E-state index in [1.807, 2.05) is 6.92 Å². The molecule has 2 aromatic rings. The summed E-state index contributed by atoms with van der Waals surface area (Å²) in [6.07, 6.45) is -2.22. The van der Waals surface area contributed by atoms with E-state index in [-0.39, 0.29) is 11.3 Å². The molecule has 0 fully saturated rings. The van der Waals surface area contributed by atoms with Crippen LogP contribution in [0.3, 0.4) is 0 Å². The van der Waals surface area contributed by atoms with Crippen LogP contribution in [0.25, 0.3) is 0 Å². The highest BCUT2D eigenvalue weighted by Gasteiger charge is 2.31. The van der Waals surface area contributed by atoms with E-state index in [1.165, 1.54) is 6.92 Å². The van der Waals surface area contributed by atoms with Crippen molar-refractivity contribution in [1.82, 2.24) is 9.97 Å². The number of hydrogen-bond acceptors (Lipinski definition) is 4. The maximum absolute atomic E-state index is 12.6. The van der Waals surface area contributed by atoms with E-state index in [1.54, 1.807) is 19.3 Å². The summed E-state index contributed by atoms with van der Waals surface area (Å²) < 4.78 is 37.9. The number of nitrogens with zero attached hydrogens (tertiary/aromatic N) is 2. The normalized spacial score (nSPS) is 11.2. The zero-order valence-electron chi connectivity index (χ0n) is 12.7. The topological polar surface area (TPSA) is 66.9 Å². The fourth-order valence-electron chi connectivity index (χ4n) is 2.01. The minimum Gasteiger partial charge on any atom is -0.371 e. The van der Waals surface area contributed by atoms with Crippen molar-refractivity contribution in [3.8, 4) is 0 Å². The van der Waals surface area contributed by atoms with Crippen molar-refractivity contribution in [3.63, 3.8) is 0 Å². The summed E-state index contributed by atoms with van der Waals surface area (Å²) in [5, 5.41) is 5.44. The summed E-state index contributed by atoms with van der Waals surface area (Å²) >= 11 is 0. The highest BCUT2D eigenvalue weighted by atomic mass is 19.4. The van der Waals surface area contributed by atoms with Crippen molar-refractivity contribution < 1.29 is 18.0 Å². The molecule has 2 aromatic heterocycles. The van der Waals surface area contributed by atoms with Gasteiger partial charge in [0.05, 0.1) is 11.3 Å². The average Bonchev–Trinajstić information content (AvgIpc) is 2.46. The molecule has 122 valence electrons. The third-order valence-corrected chi connectivity index (χ3v) is 3.13. The highest BCUT2D eigenvalue weighted by molar-refractivity contribution is 6.05. The Hall–Kier alpha value is -2.64. The van der Waals surface area contributed by atoms with Gasteiger partial charge in [0.15, 0.2) is 0 Å². The number of rotatable bonds is 3. The van der Waals surface area contributed by atoms with Crippen LogP contribution in [0.15, 0.2) is 24.5 Å². The van der Waals surface area contributed by atoms with Gasteiger partial charge in [0.1, 0.15) is 11.5 Å². The Kier molecular flexibility index (Phi) is 4.53. The second-order valence-corrected chi connectivity index (χ2v) is 5.00. The first-order valence-corrected chi connectivity index (χ1v) is 6.72. The number of carbonyl (C=O) groups is 1. The monoisotopic (exact) mass is 324 g/mol. The lowest BCUT2D eigenvalue weighted by molar-refractivity contribution is -0.137. The summed E-state index contributed by atoms with van der Waals surface area (Å²) in [6, 6.07) is 2.60. The van der Waals surface area contributed by atoms with Gasteiger partial charge in [0, 0.05) is 19.4 Å². The summed E-state index contributed by atoms with van der Waals surface area (Å²) in [5.74, 6) is -0.145. The second kappa shape index (κ2) is 6.23. The van der Waals surface area contributed by atoms with Crippen molar-refractivity contribution in [2.45, 2.75) is 20.0 Å². The Morgan fingerprint density at radius 2 is 1.83 bits per heavy atom. The van der Waals surface area contributed by atoms with Crippen molar-refractivity contribution in [2.75, 3.05) is 17.7 Å². The number of nitrogens with one attached hydrogen (secondary N) is 2. The van der Waals surface area contributed by atoms with Gasteiger partial charge in [-0.2, -0.15) is 13.2 Å². The van der Waals surface area contributed by atoms with Gasteiger partial charge in [-0.05, 0) is 37.1 Å². The Morgan fingerprint density at radius 3 is 2.39 bits per heavy atom. The Labute approximate surface area is 131 Å². The number of pyridine rings is 2. The van der Waals surface area contributed by atoms with Gasteiger partial charge in [-0.25, -0.2) is 4.98 Å². The molecule has 0 aromatic carbocycles. The molecule has 0 aliphatic carbocycles. The van der Waals surface area contributed by atoms with Crippen LogP contribution in [0.1, 0.15) is 27.2 Å². The standard InChI is InChI=1S/C15H15F3N4O/c1-8-4-11(13(19-3)21-6-8)22-14(23)12-9(2)5-10(7-20-12)15(16,17)18/h4-7H,1-3H3,(H,19,21)(H,22,23). The quantitative estimate of drug-likeness (QED) is 0.908. The van der Waals surface area contributed by atoms with Gasteiger partial charge < -0.3 is 10.6 Å². The molecular weight excluding hydrogens is 309 g/mol. The molecule has 8 heteroatoms. The molecule has 2 N–H and O–H groups in total. The number of carbonyl (C=O) groups excluding carboxylic acids is 1. The minimum atomic E-state index is -4.49. The molecule has 5 nitrogen and oxygen atoms in total. The van der Waals surface area contributed by atoms with Crippen LogP contribution in [-0.2, 0) is 6.18 Å². The number of alkyl halides is 3. The zero-order chi connectivity index (χ0) is 17.2. The first-order valence-electron chi connectivity index (χ1n) is 6.72. The molecule has 1 amide bonds. The van der Waals surface area contributed by atoms with E-state index in [0.717, 1.165) is 11.6 Å². The van der Waals surface area contributed by atoms with Gasteiger partial charge >= 0.3 is 6.18 Å². The first-order chi connectivity index (χ1) is 10.7. The van der Waals surface area contributed by atoms with Crippen LogP contribution >= 0.6 is 0 Å². The number of amides is 1. The van der Waals surface area contributed by atoms with Crippen LogP contribution in [0.5, 0.6) is 0 Å². The summed E-state index contributed by atoms with van der Waals surface area (Å²) in [5.41, 5.74) is 0.445. The molecule has 0 atom stereocenters. The lowest BCUT2D eigenvalue weighted by Crippen LogP contribution is -2.18. The molecule has 0 saturated carbocycles. The SMILES string of the molecule is CNc1ncc(C)cc1NC(=O)c1ncc(C(F)(F)F)cc1C. The van der Waals surface area contributed by atoms with Crippen LogP contribution < -0.4 is 10.6 Å². The number of aromatic nitrogens is 2. The average molecular weight is 324 g/mol. The fourth-order valence-corrected chi connectivity index (χ4v) is 2.01. The molecule has 0 radical (unpaired) electrons. The third-order valence-electron chi connectivity index (χ3n) is 3.13. The van der Waals surface area contributed by atoms with E-state index in [2.05, 4.69) is 20.6 Å². The minimum absolute atomic E-state index is 0.0680. The number of halogens is 3. The number of aryl methyl sites for hydroxylation is 2. The molecular formula is C15H15F3N4O. The van der Waals surface area contributed by atoms with Gasteiger partial charge in [-0.1, -0.05) is 0 Å². The summed E-state index contributed by atoms with van der Waals surface area (Å²) in [4.78, 5) is 20.0. The molecule has 0 spiro atoms. The van der Waals surface area contributed by atoms with Crippen LogP contribution in [0, 0.1) is 13.8 Å². The fraction of sp³-hybridized carbons (Fsp3) is 0.267. The van der Waals surface area contributed by atoms with Crippen LogP contribution in [-0.4, -0.2) is 22.9 Å². The van der Waals surface area contributed by atoms with Crippen LogP contribution in [0.4, 0.5) is 24.7 Å². The predicted molar refractivity (Wildman–Crippen MR) is 80.4 cm³/mol. The molecule has 23 heavy (non-hydrogen) atoms. The largest absolute Gasteiger partial charge is 0.417 e. The molecule has 2 heterocycles.